The van der Waals surface area contributed by atoms with Crippen LogP contribution in [0.25, 0.3) is 0 Å². The molecule has 0 aromatic rings. The van der Waals surface area contributed by atoms with Crippen molar-refractivity contribution in [1.82, 2.24) is 10.2 Å². The average Bonchev–Trinajstić information content (AvgIpc) is 3.25. The highest BCUT2D eigenvalue weighted by molar-refractivity contribution is 4.92. The molecule has 0 aliphatic carbocycles. The fourth-order valence-corrected chi connectivity index (χ4v) is 3.29. The molecule has 21 heavy (non-hydrogen) atoms. The van der Waals surface area contributed by atoms with Gasteiger partial charge in [-0.25, -0.2) is 0 Å². The minimum Gasteiger partial charge on any atom is -0.315 e. The van der Waals surface area contributed by atoms with Crippen LogP contribution in [0.5, 0.6) is 0 Å². The molecule has 1 aliphatic rings. The highest BCUT2D eigenvalue weighted by atomic mass is 15.3. The minimum absolute atomic E-state index is 0.837. The fourth-order valence-electron chi connectivity index (χ4n) is 3.29. The first-order valence-corrected chi connectivity index (χ1v) is 9.69. The van der Waals surface area contributed by atoms with Gasteiger partial charge in [0.15, 0.2) is 0 Å². The fraction of sp³-hybridized carbons (Fsp3) is 1.00. The summed E-state index contributed by atoms with van der Waals surface area (Å²) in [6.45, 7) is 14.4. The van der Waals surface area contributed by atoms with Crippen molar-refractivity contribution in [2.45, 2.75) is 85.1 Å². The van der Waals surface area contributed by atoms with E-state index in [9.17, 15) is 0 Å². The molecule has 1 saturated heterocycles. The zero-order valence-corrected chi connectivity index (χ0v) is 15.2. The van der Waals surface area contributed by atoms with Crippen molar-refractivity contribution in [3.05, 3.63) is 0 Å². The van der Waals surface area contributed by atoms with Gasteiger partial charge in [-0.2, -0.15) is 0 Å². The van der Waals surface area contributed by atoms with Crippen LogP contribution in [0.1, 0.15) is 79.1 Å². The Hall–Kier alpha value is -0.0800. The first-order chi connectivity index (χ1) is 10.2. The van der Waals surface area contributed by atoms with Gasteiger partial charge in [0.1, 0.15) is 0 Å². The van der Waals surface area contributed by atoms with Crippen LogP contribution < -0.4 is 5.32 Å². The summed E-state index contributed by atoms with van der Waals surface area (Å²) in [6, 6.07) is 0.837. The quantitative estimate of drug-likeness (QED) is 0.468. The monoisotopic (exact) mass is 296 g/mol. The zero-order valence-electron chi connectivity index (χ0n) is 15.2. The maximum atomic E-state index is 3.73. The lowest BCUT2D eigenvalue weighted by atomic mass is 9.99. The van der Waals surface area contributed by atoms with E-state index in [-0.39, 0.29) is 0 Å². The Labute approximate surface area is 134 Å². The van der Waals surface area contributed by atoms with E-state index >= 15 is 0 Å². The Morgan fingerprint density at radius 2 is 1.57 bits per heavy atom. The molecule has 0 radical (unpaired) electrons. The molecular formula is C19H40N2. The lowest BCUT2D eigenvalue weighted by molar-refractivity contribution is 0.343. The van der Waals surface area contributed by atoms with Crippen LogP contribution in [0.4, 0.5) is 0 Å². The van der Waals surface area contributed by atoms with Gasteiger partial charge in [-0.05, 0) is 31.2 Å². The average molecular weight is 297 g/mol. The molecule has 2 heteroatoms. The summed E-state index contributed by atoms with van der Waals surface area (Å²) in [6.07, 6.45) is 11.0. The predicted octanol–water partition coefficient (Wildman–Crippen LogP) is 4.69. The first kappa shape index (κ1) is 19.0. The lowest BCUT2D eigenvalue weighted by Gasteiger charge is -2.17. The topological polar surface area (TPSA) is 15.0 Å². The summed E-state index contributed by atoms with van der Waals surface area (Å²) >= 11 is 0. The maximum Gasteiger partial charge on any atom is 0.0348 e. The van der Waals surface area contributed by atoms with Gasteiger partial charge in [-0.1, -0.05) is 66.2 Å². The van der Waals surface area contributed by atoms with E-state index in [4.69, 9.17) is 0 Å². The van der Waals surface area contributed by atoms with Crippen LogP contribution in [-0.2, 0) is 0 Å². The van der Waals surface area contributed by atoms with Gasteiger partial charge in [0, 0.05) is 25.7 Å². The summed E-state index contributed by atoms with van der Waals surface area (Å²) in [7, 11) is 0. The lowest BCUT2D eigenvalue weighted by Crippen LogP contribution is -2.28. The largest absolute Gasteiger partial charge is 0.315 e. The van der Waals surface area contributed by atoms with Gasteiger partial charge in [0.05, 0.1) is 0 Å². The molecule has 0 aromatic carbocycles. The van der Waals surface area contributed by atoms with E-state index in [1.165, 1.54) is 77.5 Å². The third-order valence-corrected chi connectivity index (χ3v) is 5.22. The van der Waals surface area contributed by atoms with Crippen LogP contribution in [0.15, 0.2) is 0 Å². The molecule has 4 unspecified atom stereocenters. The van der Waals surface area contributed by atoms with Gasteiger partial charge in [-0.15, -0.1) is 0 Å². The number of nitrogens with one attached hydrogen (secondary N) is 1. The standard InChI is InChI=1S/C19H40N2/c1-5-9-11-17(7-3)13-20-14-19-16-21(19)15-18(8-4)12-10-6-2/h17-20H,5-16H2,1-4H3. The smallest absolute Gasteiger partial charge is 0.0348 e. The van der Waals surface area contributed by atoms with Crippen molar-refractivity contribution < 1.29 is 0 Å². The maximum absolute atomic E-state index is 3.73. The molecule has 0 bridgehead atoms. The predicted molar refractivity (Wildman–Crippen MR) is 94.8 cm³/mol. The Morgan fingerprint density at radius 3 is 2.14 bits per heavy atom. The van der Waals surface area contributed by atoms with Gasteiger partial charge in [0.25, 0.3) is 0 Å². The second kappa shape index (κ2) is 11.5. The van der Waals surface area contributed by atoms with E-state index in [0.29, 0.717) is 0 Å². The second-order valence-corrected chi connectivity index (χ2v) is 7.10. The first-order valence-electron chi connectivity index (χ1n) is 9.69. The van der Waals surface area contributed by atoms with E-state index < -0.39 is 0 Å². The summed E-state index contributed by atoms with van der Waals surface area (Å²) in [5.41, 5.74) is 0. The van der Waals surface area contributed by atoms with E-state index in [0.717, 1.165) is 17.9 Å². The van der Waals surface area contributed by atoms with E-state index in [2.05, 4.69) is 37.9 Å². The third-order valence-electron chi connectivity index (χ3n) is 5.22. The SMILES string of the molecule is CCCCC(CC)CNCC1CN1CC(CC)CCCC. The molecule has 0 saturated carbocycles. The van der Waals surface area contributed by atoms with Crippen molar-refractivity contribution in [3.8, 4) is 0 Å². The number of hydrogen-bond acceptors (Lipinski definition) is 2. The third kappa shape index (κ3) is 8.21. The van der Waals surface area contributed by atoms with Crippen molar-refractivity contribution in [2.24, 2.45) is 11.8 Å². The van der Waals surface area contributed by atoms with Crippen LogP contribution in [0, 0.1) is 11.8 Å². The van der Waals surface area contributed by atoms with Gasteiger partial charge < -0.3 is 5.32 Å². The molecular weight excluding hydrogens is 256 g/mol. The molecule has 2 nitrogen and oxygen atoms in total. The van der Waals surface area contributed by atoms with Gasteiger partial charge in [-0.3, -0.25) is 4.90 Å². The summed E-state index contributed by atoms with van der Waals surface area (Å²) in [4.78, 5) is 2.68. The Kier molecular flexibility index (Phi) is 10.4. The number of unbranched alkanes of at least 4 members (excludes halogenated alkanes) is 2. The van der Waals surface area contributed by atoms with Crippen molar-refractivity contribution >= 4 is 0 Å². The van der Waals surface area contributed by atoms with Crippen LogP contribution in [0.3, 0.4) is 0 Å². The van der Waals surface area contributed by atoms with Crippen LogP contribution in [-0.4, -0.2) is 37.1 Å². The molecule has 0 aromatic heterocycles. The Bertz CT molecular complexity index is 242. The molecule has 1 N–H and O–H groups in total. The molecule has 0 spiro atoms. The molecule has 1 aliphatic heterocycles. The summed E-state index contributed by atoms with van der Waals surface area (Å²) < 4.78 is 0. The second-order valence-electron chi connectivity index (χ2n) is 7.10. The van der Waals surface area contributed by atoms with E-state index in [1.54, 1.807) is 0 Å². The summed E-state index contributed by atoms with van der Waals surface area (Å²) in [5, 5.41) is 3.73. The molecule has 1 heterocycles. The number of nitrogens with zero attached hydrogens (tertiary/aromatic N) is 1. The highest BCUT2D eigenvalue weighted by Gasteiger charge is 2.34. The molecule has 126 valence electrons. The minimum atomic E-state index is 0.837. The van der Waals surface area contributed by atoms with Crippen LogP contribution in [0.2, 0.25) is 0 Å². The van der Waals surface area contributed by atoms with Gasteiger partial charge in [0.2, 0.25) is 0 Å². The Morgan fingerprint density at radius 1 is 0.952 bits per heavy atom. The number of hydrogen-bond donors (Lipinski definition) is 1. The highest BCUT2D eigenvalue weighted by Crippen LogP contribution is 2.23. The summed E-state index contributed by atoms with van der Waals surface area (Å²) in [5.74, 6) is 1.83. The molecule has 0 amide bonds. The molecule has 4 atom stereocenters. The molecule has 1 fully saturated rings. The van der Waals surface area contributed by atoms with Gasteiger partial charge >= 0.3 is 0 Å². The van der Waals surface area contributed by atoms with Crippen LogP contribution >= 0.6 is 0 Å². The zero-order chi connectivity index (χ0) is 15.5. The molecule has 1 rings (SSSR count). The van der Waals surface area contributed by atoms with Crippen molar-refractivity contribution in [1.29, 1.82) is 0 Å². The van der Waals surface area contributed by atoms with Crippen molar-refractivity contribution in [3.63, 3.8) is 0 Å². The van der Waals surface area contributed by atoms with E-state index in [1.807, 2.05) is 0 Å². The normalized spacial score (nSPS) is 24.0. The Balaban J connectivity index is 2.07. The van der Waals surface area contributed by atoms with Crippen molar-refractivity contribution in [2.75, 3.05) is 26.2 Å². The number of rotatable bonds is 14.